The van der Waals surface area contributed by atoms with Gasteiger partial charge in [0.05, 0.1) is 10.1 Å². The molecule has 0 aromatic heterocycles. The Hall–Kier alpha value is -1.77. The molecule has 1 aromatic carbocycles. The topological polar surface area (TPSA) is 63.7 Å². The van der Waals surface area contributed by atoms with Gasteiger partial charge in [-0.05, 0) is 37.1 Å². The minimum atomic E-state index is -4.44. The third kappa shape index (κ3) is 3.66. The van der Waals surface area contributed by atoms with E-state index in [-0.39, 0.29) is 28.9 Å². The van der Waals surface area contributed by atoms with Crippen molar-refractivity contribution < 1.29 is 31.1 Å². The second-order valence-electron chi connectivity index (χ2n) is 5.99. The molecule has 1 aromatic rings. The summed E-state index contributed by atoms with van der Waals surface area (Å²) in [5.74, 6) is -0.445. The molecule has 0 spiro atoms. The Kier molecular flexibility index (Phi) is 4.23. The number of benzene rings is 1. The van der Waals surface area contributed by atoms with E-state index in [2.05, 4.69) is 0 Å². The zero-order valence-electron chi connectivity index (χ0n) is 12.6. The number of amides is 1. The van der Waals surface area contributed by atoms with Crippen molar-refractivity contribution >= 4 is 15.7 Å². The van der Waals surface area contributed by atoms with Gasteiger partial charge in [0.15, 0.2) is 15.9 Å². The molecule has 0 radical (unpaired) electrons. The maximum atomic E-state index is 12.4. The number of carbonyl (C=O) groups is 1. The van der Waals surface area contributed by atoms with E-state index < -0.39 is 34.6 Å². The smallest absolute Gasteiger partial charge is 0.406 e. The SMILES string of the molecule is O=C1C(Oc2ccc(S(=O)(=O)C3CC3)cc2)CCN1CC(F)(F)F. The Morgan fingerprint density at radius 1 is 1.12 bits per heavy atom. The molecule has 1 heterocycles. The predicted molar refractivity (Wildman–Crippen MR) is 78.3 cm³/mol. The molecular weight excluding hydrogens is 347 g/mol. The highest BCUT2D eigenvalue weighted by Gasteiger charge is 2.40. The van der Waals surface area contributed by atoms with E-state index in [4.69, 9.17) is 4.74 Å². The number of hydrogen-bond donors (Lipinski definition) is 0. The first-order valence-corrected chi connectivity index (χ1v) is 9.07. The minimum Gasteiger partial charge on any atom is -0.481 e. The third-order valence-electron chi connectivity index (χ3n) is 4.01. The Labute approximate surface area is 137 Å². The summed E-state index contributed by atoms with van der Waals surface area (Å²) >= 11 is 0. The van der Waals surface area contributed by atoms with Crippen LogP contribution in [0.2, 0.25) is 0 Å². The molecule has 1 saturated heterocycles. The molecule has 24 heavy (non-hydrogen) atoms. The molecule has 1 saturated carbocycles. The summed E-state index contributed by atoms with van der Waals surface area (Å²) in [6.45, 7) is -1.30. The van der Waals surface area contributed by atoms with Crippen LogP contribution in [-0.4, -0.2) is 49.8 Å². The Bertz CT molecular complexity index is 726. The number of ether oxygens (including phenoxy) is 1. The molecule has 132 valence electrons. The van der Waals surface area contributed by atoms with Crippen molar-refractivity contribution in [1.29, 1.82) is 0 Å². The highest BCUT2D eigenvalue weighted by molar-refractivity contribution is 7.92. The van der Waals surface area contributed by atoms with Crippen molar-refractivity contribution in [2.24, 2.45) is 0 Å². The summed E-state index contributed by atoms with van der Waals surface area (Å²) in [4.78, 5) is 12.8. The van der Waals surface area contributed by atoms with Crippen molar-refractivity contribution in [1.82, 2.24) is 4.90 Å². The van der Waals surface area contributed by atoms with Crippen LogP contribution in [0.3, 0.4) is 0 Å². The number of sulfone groups is 1. The van der Waals surface area contributed by atoms with Crippen LogP contribution in [0.15, 0.2) is 29.2 Å². The third-order valence-corrected chi connectivity index (χ3v) is 6.29. The number of likely N-dealkylation sites (tertiary alicyclic amines) is 1. The van der Waals surface area contributed by atoms with Gasteiger partial charge in [-0.1, -0.05) is 0 Å². The number of rotatable bonds is 5. The van der Waals surface area contributed by atoms with Crippen LogP contribution in [0.4, 0.5) is 13.2 Å². The lowest BCUT2D eigenvalue weighted by Crippen LogP contribution is -2.38. The Morgan fingerprint density at radius 2 is 1.75 bits per heavy atom. The molecule has 5 nitrogen and oxygen atoms in total. The number of hydrogen-bond acceptors (Lipinski definition) is 4. The Balaban J connectivity index is 1.64. The van der Waals surface area contributed by atoms with E-state index in [0.717, 1.165) is 4.90 Å². The van der Waals surface area contributed by atoms with Crippen LogP contribution < -0.4 is 4.74 Å². The molecule has 9 heteroatoms. The van der Waals surface area contributed by atoms with Gasteiger partial charge in [0, 0.05) is 13.0 Å². The first kappa shape index (κ1) is 17.1. The predicted octanol–water partition coefficient (Wildman–Crippen LogP) is 2.16. The van der Waals surface area contributed by atoms with E-state index in [0.29, 0.717) is 12.8 Å². The van der Waals surface area contributed by atoms with Gasteiger partial charge in [-0.2, -0.15) is 13.2 Å². The molecule has 0 bridgehead atoms. The molecule has 1 unspecified atom stereocenters. The summed E-state index contributed by atoms with van der Waals surface area (Å²) < 4.78 is 66.7. The van der Waals surface area contributed by atoms with Crippen molar-refractivity contribution in [2.75, 3.05) is 13.1 Å². The zero-order chi connectivity index (χ0) is 17.5. The first-order valence-electron chi connectivity index (χ1n) is 7.53. The van der Waals surface area contributed by atoms with Crippen molar-refractivity contribution in [3.8, 4) is 5.75 Å². The fourth-order valence-corrected chi connectivity index (χ4v) is 4.29. The summed E-state index contributed by atoms with van der Waals surface area (Å²) in [5.41, 5.74) is 0. The summed E-state index contributed by atoms with van der Waals surface area (Å²) in [6.07, 6.45) is -3.93. The zero-order valence-corrected chi connectivity index (χ0v) is 13.4. The average molecular weight is 363 g/mol. The number of nitrogens with zero attached hydrogens (tertiary/aromatic N) is 1. The number of carbonyl (C=O) groups excluding carboxylic acids is 1. The van der Waals surface area contributed by atoms with Gasteiger partial charge in [0.25, 0.3) is 5.91 Å². The van der Waals surface area contributed by atoms with Gasteiger partial charge >= 0.3 is 6.18 Å². The van der Waals surface area contributed by atoms with Crippen LogP contribution in [0, 0.1) is 0 Å². The summed E-state index contributed by atoms with van der Waals surface area (Å²) in [6, 6.07) is 5.65. The second-order valence-corrected chi connectivity index (χ2v) is 8.21. The molecular formula is C15H16F3NO4S. The average Bonchev–Trinajstić information content (AvgIpc) is 3.29. The summed E-state index contributed by atoms with van der Waals surface area (Å²) in [7, 11) is -3.31. The highest BCUT2D eigenvalue weighted by Crippen LogP contribution is 2.34. The van der Waals surface area contributed by atoms with Gasteiger partial charge in [0.1, 0.15) is 12.3 Å². The lowest BCUT2D eigenvalue weighted by molar-refractivity contribution is -0.159. The molecule has 2 fully saturated rings. The lowest BCUT2D eigenvalue weighted by Gasteiger charge is -2.18. The lowest BCUT2D eigenvalue weighted by atomic mass is 10.3. The first-order chi connectivity index (χ1) is 11.2. The fourth-order valence-electron chi connectivity index (χ4n) is 2.64. The van der Waals surface area contributed by atoms with Crippen LogP contribution >= 0.6 is 0 Å². The second kappa shape index (κ2) is 5.94. The fraction of sp³-hybridized carbons (Fsp3) is 0.533. The monoisotopic (exact) mass is 363 g/mol. The van der Waals surface area contributed by atoms with Gasteiger partial charge < -0.3 is 9.64 Å². The molecule has 2 aliphatic rings. The quantitative estimate of drug-likeness (QED) is 0.804. The van der Waals surface area contributed by atoms with Gasteiger partial charge in [-0.15, -0.1) is 0 Å². The van der Waals surface area contributed by atoms with Gasteiger partial charge in [-0.3, -0.25) is 4.79 Å². The number of alkyl halides is 3. The van der Waals surface area contributed by atoms with E-state index >= 15 is 0 Å². The maximum Gasteiger partial charge on any atom is 0.406 e. The van der Waals surface area contributed by atoms with E-state index in [9.17, 15) is 26.4 Å². The Morgan fingerprint density at radius 3 is 2.29 bits per heavy atom. The largest absolute Gasteiger partial charge is 0.481 e. The van der Waals surface area contributed by atoms with Crippen LogP contribution in [0.5, 0.6) is 5.75 Å². The van der Waals surface area contributed by atoms with E-state index in [1.807, 2.05) is 0 Å². The highest BCUT2D eigenvalue weighted by atomic mass is 32.2. The van der Waals surface area contributed by atoms with E-state index in [1.54, 1.807) is 0 Å². The maximum absolute atomic E-state index is 12.4. The standard InChI is InChI=1S/C15H16F3NO4S/c16-15(17,18)9-19-8-7-13(14(19)20)23-10-1-3-11(4-2-10)24(21,22)12-5-6-12/h1-4,12-13H,5-9H2. The molecule has 0 N–H and O–H groups in total. The van der Waals surface area contributed by atoms with Crippen LogP contribution in [0.25, 0.3) is 0 Å². The molecule has 1 amide bonds. The van der Waals surface area contributed by atoms with Crippen molar-refractivity contribution in [2.45, 2.75) is 41.7 Å². The van der Waals surface area contributed by atoms with Crippen molar-refractivity contribution in [3.05, 3.63) is 24.3 Å². The van der Waals surface area contributed by atoms with Crippen molar-refractivity contribution in [3.63, 3.8) is 0 Å². The molecule has 1 aliphatic carbocycles. The molecule has 3 rings (SSSR count). The minimum absolute atomic E-state index is 0.0167. The van der Waals surface area contributed by atoms with E-state index in [1.165, 1.54) is 24.3 Å². The van der Waals surface area contributed by atoms with Crippen LogP contribution in [0.1, 0.15) is 19.3 Å². The summed E-state index contributed by atoms with van der Waals surface area (Å²) in [5, 5.41) is -0.323. The normalized spacial score (nSPS) is 22.0. The van der Waals surface area contributed by atoms with Crippen LogP contribution in [-0.2, 0) is 14.6 Å². The van der Waals surface area contributed by atoms with Gasteiger partial charge in [0.2, 0.25) is 0 Å². The number of halogens is 3. The van der Waals surface area contributed by atoms with Gasteiger partial charge in [-0.25, -0.2) is 8.42 Å². The molecule has 1 atom stereocenters. The molecule has 1 aliphatic heterocycles.